The first-order chi connectivity index (χ1) is 9.13. The van der Waals surface area contributed by atoms with Crippen LogP contribution in [0.5, 0.6) is 0 Å². The van der Waals surface area contributed by atoms with Gasteiger partial charge < -0.3 is 20.1 Å². The van der Waals surface area contributed by atoms with Gasteiger partial charge in [-0.1, -0.05) is 0 Å². The van der Waals surface area contributed by atoms with Crippen LogP contribution in [-0.2, 0) is 16.1 Å². The van der Waals surface area contributed by atoms with E-state index in [1.807, 2.05) is 17.9 Å². The lowest BCUT2D eigenvalue weighted by atomic mass is 10.1. The number of methoxy groups -OCH3 is 1. The molecule has 1 aliphatic rings. The van der Waals surface area contributed by atoms with Crippen molar-refractivity contribution in [3.05, 3.63) is 22.9 Å². The number of anilines is 1. The summed E-state index contributed by atoms with van der Waals surface area (Å²) < 4.78 is 10.5. The molecular formula is C13H19N3O3. The van der Waals surface area contributed by atoms with Gasteiger partial charge in [-0.2, -0.15) is 0 Å². The highest BCUT2D eigenvalue weighted by Gasteiger charge is 2.22. The van der Waals surface area contributed by atoms with Crippen LogP contribution < -0.4 is 10.6 Å². The summed E-state index contributed by atoms with van der Waals surface area (Å²) in [5, 5.41) is 0. The van der Waals surface area contributed by atoms with Crippen molar-refractivity contribution in [3.8, 4) is 0 Å². The molecule has 104 valence electrons. The van der Waals surface area contributed by atoms with Crippen molar-refractivity contribution >= 4 is 11.7 Å². The van der Waals surface area contributed by atoms with Crippen molar-refractivity contribution in [2.24, 2.45) is 5.73 Å². The molecule has 1 aromatic heterocycles. The molecule has 1 saturated heterocycles. The monoisotopic (exact) mass is 265 g/mol. The number of aromatic nitrogens is 1. The molecular weight excluding hydrogens is 246 g/mol. The van der Waals surface area contributed by atoms with Crippen molar-refractivity contribution in [1.29, 1.82) is 0 Å². The Hall–Kier alpha value is -1.66. The molecule has 0 atom stereocenters. The zero-order valence-corrected chi connectivity index (χ0v) is 11.3. The van der Waals surface area contributed by atoms with Gasteiger partial charge in [0.15, 0.2) is 0 Å². The molecule has 0 unspecified atom stereocenters. The third-order valence-corrected chi connectivity index (χ3v) is 3.07. The number of hydrogen-bond donors (Lipinski definition) is 1. The maximum atomic E-state index is 11.7. The molecule has 1 amide bonds. The van der Waals surface area contributed by atoms with Gasteiger partial charge in [-0.25, -0.2) is 4.98 Å². The summed E-state index contributed by atoms with van der Waals surface area (Å²) in [6.07, 6.45) is 0. The van der Waals surface area contributed by atoms with Crippen molar-refractivity contribution in [3.63, 3.8) is 0 Å². The fourth-order valence-corrected chi connectivity index (χ4v) is 2.26. The summed E-state index contributed by atoms with van der Waals surface area (Å²) in [7, 11) is 1.59. The Morgan fingerprint density at radius 2 is 2.21 bits per heavy atom. The van der Waals surface area contributed by atoms with Crippen LogP contribution in [0.2, 0.25) is 0 Å². The molecule has 0 bridgehead atoms. The molecule has 6 heteroatoms. The maximum Gasteiger partial charge on any atom is 0.252 e. The molecule has 1 fully saturated rings. The number of carbonyl (C=O) groups excluding carboxylic acids is 1. The van der Waals surface area contributed by atoms with Crippen molar-refractivity contribution in [1.82, 2.24) is 4.98 Å². The van der Waals surface area contributed by atoms with Gasteiger partial charge in [0.25, 0.3) is 5.91 Å². The predicted octanol–water partition coefficient (Wildman–Crippen LogP) is 0.472. The van der Waals surface area contributed by atoms with Gasteiger partial charge in [0.1, 0.15) is 5.82 Å². The van der Waals surface area contributed by atoms with Gasteiger partial charge in [-0.15, -0.1) is 0 Å². The van der Waals surface area contributed by atoms with Crippen molar-refractivity contribution < 1.29 is 14.3 Å². The van der Waals surface area contributed by atoms with E-state index in [1.54, 1.807) is 7.11 Å². The number of carbonyl (C=O) groups is 1. The number of aryl methyl sites for hydroxylation is 1. The summed E-state index contributed by atoms with van der Waals surface area (Å²) in [6.45, 7) is 4.93. The van der Waals surface area contributed by atoms with E-state index >= 15 is 0 Å². The molecule has 0 aliphatic carbocycles. The van der Waals surface area contributed by atoms with E-state index < -0.39 is 5.91 Å². The van der Waals surface area contributed by atoms with Crippen LogP contribution in [0.3, 0.4) is 0 Å². The number of ether oxygens (including phenoxy) is 2. The van der Waals surface area contributed by atoms with Crippen molar-refractivity contribution in [2.75, 3.05) is 38.3 Å². The van der Waals surface area contributed by atoms with Crippen LogP contribution in [0.1, 0.15) is 21.6 Å². The largest absolute Gasteiger partial charge is 0.380 e. The number of nitrogens with zero attached hydrogens (tertiary/aromatic N) is 2. The first kappa shape index (κ1) is 13.8. The first-order valence-corrected chi connectivity index (χ1v) is 6.25. The van der Waals surface area contributed by atoms with Gasteiger partial charge in [-0.05, 0) is 18.6 Å². The predicted molar refractivity (Wildman–Crippen MR) is 71.2 cm³/mol. The number of primary amides is 1. The zero-order valence-electron chi connectivity index (χ0n) is 11.3. The number of pyridine rings is 1. The zero-order chi connectivity index (χ0) is 13.8. The minimum atomic E-state index is -0.471. The highest BCUT2D eigenvalue weighted by molar-refractivity contribution is 5.99. The quantitative estimate of drug-likeness (QED) is 0.856. The second-order valence-electron chi connectivity index (χ2n) is 4.52. The van der Waals surface area contributed by atoms with E-state index in [0.29, 0.717) is 44.3 Å². The summed E-state index contributed by atoms with van der Waals surface area (Å²) in [6, 6.07) is 1.84. The van der Waals surface area contributed by atoms with E-state index in [2.05, 4.69) is 4.98 Å². The lowest BCUT2D eigenvalue weighted by Crippen LogP contribution is -2.38. The summed E-state index contributed by atoms with van der Waals surface area (Å²) in [5.41, 5.74) is 7.59. The van der Waals surface area contributed by atoms with Gasteiger partial charge >= 0.3 is 0 Å². The highest BCUT2D eigenvalue weighted by atomic mass is 16.5. The molecule has 6 nitrogen and oxygen atoms in total. The average Bonchev–Trinajstić information content (AvgIpc) is 2.39. The van der Waals surface area contributed by atoms with Crippen LogP contribution >= 0.6 is 0 Å². The molecule has 2 N–H and O–H groups in total. The minimum Gasteiger partial charge on any atom is -0.380 e. The second-order valence-corrected chi connectivity index (χ2v) is 4.52. The van der Waals surface area contributed by atoms with E-state index in [0.717, 1.165) is 11.3 Å². The standard InChI is InChI=1S/C13H19N3O3/c1-9-7-10(8-18-2)11(12(14)17)13(15-9)16-3-5-19-6-4-16/h7H,3-6,8H2,1-2H3,(H2,14,17). The Balaban J connectivity index is 2.47. The smallest absolute Gasteiger partial charge is 0.252 e. The number of rotatable bonds is 4. The summed E-state index contributed by atoms with van der Waals surface area (Å²) in [5.74, 6) is 0.170. The third kappa shape index (κ3) is 3.02. The Bertz CT molecular complexity index is 470. The van der Waals surface area contributed by atoms with Crippen LogP contribution in [0.25, 0.3) is 0 Å². The molecule has 1 aromatic rings. The van der Waals surface area contributed by atoms with Gasteiger partial charge in [0, 0.05) is 25.9 Å². The molecule has 0 aromatic carbocycles. The molecule has 2 rings (SSSR count). The molecule has 2 heterocycles. The SMILES string of the molecule is COCc1cc(C)nc(N2CCOCC2)c1C(N)=O. The highest BCUT2D eigenvalue weighted by Crippen LogP contribution is 2.24. The van der Waals surface area contributed by atoms with E-state index in [4.69, 9.17) is 15.2 Å². The lowest BCUT2D eigenvalue weighted by molar-refractivity contribution is 0.0992. The summed E-state index contributed by atoms with van der Waals surface area (Å²) >= 11 is 0. The van der Waals surface area contributed by atoms with E-state index in [-0.39, 0.29) is 0 Å². The van der Waals surface area contributed by atoms with Gasteiger partial charge in [0.2, 0.25) is 0 Å². The molecule has 0 spiro atoms. The fraction of sp³-hybridized carbons (Fsp3) is 0.538. The molecule has 1 aliphatic heterocycles. The average molecular weight is 265 g/mol. The number of nitrogens with two attached hydrogens (primary N) is 1. The Morgan fingerprint density at radius 1 is 1.53 bits per heavy atom. The number of morpholine rings is 1. The maximum absolute atomic E-state index is 11.7. The molecule has 0 saturated carbocycles. The topological polar surface area (TPSA) is 77.7 Å². The van der Waals surface area contributed by atoms with Crippen LogP contribution in [-0.4, -0.2) is 44.3 Å². The minimum absolute atomic E-state index is 0.346. The third-order valence-electron chi connectivity index (χ3n) is 3.07. The Morgan fingerprint density at radius 3 is 2.79 bits per heavy atom. The lowest BCUT2D eigenvalue weighted by Gasteiger charge is -2.30. The van der Waals surface area contributed by atoms with E-state index in [9.17, 15) is 4.79 Å². The Labute approximate surface area is 112 Å². The molecule has 0 radical (unpaired) electrons. The van der Waals surface area contributed by atoms with Crippen LogP contribution in [0.4, 0.5) is 5.82 Å². The van der Waals surface area contributed by atoms with Crippen LogP contribution in [0, 0.1) is 6.92 Å². The van der Waals surface area contributed by atoms with E-state index in [1.165, 1.54) is 0 Å². The second kappa shape index (κ2) is 5.99. The van der Waals surface area contributed by atoms with Gasteiger partial charge in [0.05, 0.1) is 25.4 Å². The summed E-state index contributed by atoms with van der Waals surface area (Å²) in [4.78, 5) is 18.3. The number of amides is 1. The molecule has 19 heavy (non-hydrogen) atoms. The van der Waals surface area contributed by atoms with Crippen molar-refractivity contribution in [2.45, 2.75) is 13.5 Å². The Kier molecular flexibility index (Phi) is 4.34. The normalized spacial score (nSPS) is 15.6. The first-order valence-electron chi connectivity index (χ1n) is 6.25. The van der Waals surface area contributed by atoms with Crippen LogP contribution in [0.15, 0.2) is 6.07 Å². The number of hydrogen-bond acceptors (Lipinski definition) is 5. The van der Waals surface area contributed by atoms with Gasteiger partial charge in [-0.3, -0.25) is 4.79 Å². The fourth-order valence-electron chi connectivity index (χ4n) is 2.26.